The van der Waals surface area contributed by atoms with E-state index in [2.05, 4.69) is 39.9 Å². The van der Waals surface area contributed by atoms with Crippen molar-refractivity contribution in [1.82, 2.24) is 0 Å². The van der Waals surface area contributed by atoms with Gasteiger partial charge in [0.1, 0.15) is 0 Å². The zero-order valence-electron chi connectivity index (χ0n) is 8.79. The maximum atomic E-state index is 11.2. The van der Waals surface area contributed by atoms with E-state index in [1.807, 2.05) is 6.07 Å². The molecule has 0 N–H and O–H groups in total. The van der Waals surface area contributed by atoms with Crippen molar-refractivity contribution in [1.29, 1.82) is 0 Å². The Bertz CT molecular complexity index is 389. The van der Waals surface area contributed by atoms with Gasteiger partial charge in [0.25, 0.3) is 0 Å². The van der Waals surface area contributed by atoms with Crippen molar-refractivity contribution in [3.8, 4) is 0 Å². The van der Waals surface area contributed by atoms with Crippen LogP contribution in [0, 0.1) is 0 Å². The zero-order chi connectivity index (χ0) is 10.8. The van der Waals surface area contributed by atoms with E-state index in [0.29, 0.717) is 18.7 Å². The van der Waals surface area contributed by atoms with Gasteiger partial charge in [0.15, 0.2) is 5.78 Å². The fraction of sp³-hybridized carbons (Fsp3) is 0.417. The summed E-state index contributed by atoms with van der Waals surface area (Å²) < 4.78 is 1.11. The highest BCUT2D eigenvalue weighted by Gasteiger charge is 2.21. The molecule has 0 aliphatic carbocycles. The molecule has 0 amide bonds. The number of rotatable bonds is 2. The summed E-state index contributed by atoms with van der Waals surface area (Å²) in [6.45, 7) is 3.59. The number of halogens is 1. The van der Waals surface area contributed by atoms with Gasteiger partial charge in [-0.3, -0.25) is 4.79 Å². The summed E-state index contributed by atoms with van der Waals surface area (Å²) in [4.78, 5) is 13.4. The maximum absolute atomic E-state index is 11.2. The lowest BCUT2D eigenvalue weighted by Gasteiger charge is -2.20. The standard InChI is InChI=1S/C12H14BrNO/c1-2-9-7-10(13)3-4-12(9)14-6-5-11(15)8-14/h3-4,7H,2,5-6,8H2,1H3. The predicted octanol–water partition coefficient (Wildman–Crippen LogP) is 2.79. The molecule has 3 heteroatoms. The van der Waals surface area contributed by atoms with E-state index in [9.17, 15) is 4.79 Å². The van der Waals surface area contributed by atoms with Crippen molar-refractivity contribution in [2.75, 3.05) is 18.0 Å². The number of carbonyl (C=O) groups is 1. The lowest BCUT2D eigenvalue weighted by atomic mass is 10.1. The summed E-state index contributed by atoms with van der Waals surface area (Å²) in [5.41, 5.74) is 2.52. The summed E-state index contributed by atoms with van der Waals surface area (Å²) in [5.74, 6) is 0.347. The first-order valence-corrected chi connectivity index (χ1v) is 6.05. The Morgan fingerprint density at radius 1 is 1.47 bits per heavy atom. The third-order valence-corrected chi connectivity index (χ3v) is 3.28. The van der Waals surface area contributed by atoms with Crippen molar-refractivity contribution in [2.24, 2.45) is 0 Å². The number of hydrogen-bond donors (Lipinski definition) is 0. The number of aryl methyl sites for hydroxylation is 1. The Kier molecular flexibility index (Phi) is 3.10. The zero-order valence-corrected chi connectivity index (χ0v) is 10.4. The van der Waals surface area contributed by atoms with Crippen LogP contribution in [0.15, 0.2) is 22.7 Å². The number of ketones is 1. The lowest BCUT2D eigenvalue weighted by molar-refractivity contribution is -0.116. The number of carbonyl (C=O) groups excluding carboxylic acids is 1. The quantitative estimate of drug-likeness (QED) is 0.822. The van der Waals surface area contributed by atoms with Crippen LogP contribution < -0.4 is 4.90 Å². The summed E-state index contributed by atoms with van der Waals surface area (Å²) in [6.07, 6.45) is 1.69. The summed E-state index contributed by atoms with van der Waals surface area (Å²) in [6, 6.07) is 6.27. The molecule has 2 nitrogen and oxygen atoms in total. The average Bonchev–Trinajstić information content (AvgIpc) is 2.64. The molecule has 0 spiro atoms. The first-order chi connectivity index (χ1) is 7.20. The first-order valence-electron chi connectivity index (χ1n) is 5.25. The van der Waals surface area contributed by atoms with Crippen LogP contribution in [0.5, 0.6) is 0 Å². The third kappa shape index (κ3) is 2.23. The van der Waals surface area contributed by atoms with Gasteiger partial charge in [-0.05, 0) is 30.2 Å². The Balaban J connectivity index is 2.31. The highest BCUT2D eigenvalue weighted by molar-refractivity contribution is 9.10. The van der Waals surface area contributed by atoms with Crippen LogP contribution in [0.2, 0.25) is 0 Å². The minimum Gasteiger partial charge on any atom is -0.364 e. The number of hydrogen-bond acceptors (Lipinski definition) is 2. The Hall–Kier alpha value is -0.830. The van der Waals surface area contributed by atoms with E-state index in [-0.39, 0.29) is 0 Å². The molecule has 1 fully saturated rings. The van der Waals surface area contributed by atoms with Gasteiger partial charge in [0, 0.05) is 23.1 Å². The Morgan fingerprint density at radius 2 is 2.27 bits per heavy atom. The summed E-state index contributed by atoms with van der Waals surface area (Å²) in [7, 11) is 0. The van der Waals surface area contributed by atoms with Crippen LogP contribution in [0.25, 0.3) is 0 Å². The smallest absolute Gasteiger partial charge is 0.153 e. The Morgan fingerprint density at radius 3 is 2.87 bits per heavy atom. The van der Waals surface area contributed by atoms with Gasteiger partial charge in [0.05, 0.1) is 6.54 Å². The number of nitrogens with zero attached hydrogens (tertiary/aromatic N) is 1. The maximum Gasteiger partial charge on any atom is 0.153 e. The van der Waals surface area contributed by atoms with E-state index < -0.39 is 0 Å². The van der Waals surface area contributed by atoms with Crippen LogP contribution in [-0.2, 0) is 11.2 Å². The molecule has 0 radical (unpaired) electrons. The number of Topliss-reactive ketones (excluding diaryl/α,β-unsaturated/α-hetero) is 1. The summed E-state index contributed by atoms with van der Waals surface area (Å²) >= 11 is 3.47. The molecule has 80 valence electrons. The average molecular weight is 268 g/mol. The lowest BCUT2D eigenvalue weighted by Crippen LogP contribution is -2.20. The molecule has 1 saturated heterocycles. The SMILES string of the molecule is CCc1cc(Br)ccc1N1CCC(=O)C1. The molecular formula is C12H14BrNO. The molecule has 2 rings (SSSR count). The number of anilines is 1. The van der Waals surface area contributed by atoms with Crippen molar-refractivity contribution < 1.29 is 4.79 Å². The molecule has 0 unspecified atom stereocenters. The van der Waals surface area contributed by atoms with Gasteiger partial charge < -0.3 is 4.90 Å². The van der Waals surface area contributed by atoms with Crippen LogP contribution >= 0.6 is 15.9 Å². The van der Waals surface area contributed by atoms with Crippen LogP contribution in [0.3, 0.4) is 0 Å². The normalized spacial score (nSPS) is 16.1. The van der Waals surface area contributed by atoms with Crippen molar-refractivity contribution in [2.45, 2.75) is 19.8 Å². The molecule has 1 aromatic carbocycles. The van der Waals surface area contributed by atoms with E-state index in [0.717, 1.165) is 17.4 Å². The highest BCUT2D eigenvalue weighted by Crippen LogP contribution is 2.27. The highest BCUT2D eigenvalue weighted by atomic mass is 79.9. The van der Waals surface area contributed by atoms with Crippen LogP contribution in [0.4, 0.5) is 5.69 Å². The predicted molar refractivity (Wildman–Crippen MR) is 65.4 cm³/mol. The van der Waals surface area contributed by atoms with Crippen LogP contribution in [-0.4, -0.2) is 18.9 Å². The van der Waals surface area contributed by atoms with Crippen molar-refractivity contribution >= 4 is 27.4 Å². The second-order valence-electron chi connectivity index (χ2n) is 3.84. The fourth-order valence-corrected chi connectivity index (χ4v) is 2.39. The number of benzene rings is 1. The van der Waals surface area contributed by atoms with Gasteiger partial charge in [-0.1, -0.05) is 22.9 Å². The van der Waals surface area contributed by atoms with Crippen molar-refractivity contribution in [3.05, 3.63) is 28.2 Å². The second kappa shape index (κ2) is 4.35. The van der Waals surface area contributed by atoms with E-state index >= 15 is 0 Å². The molecule has 1 aliphatic heterocycles. The minimum atomic E-state index is 0.347. The molecule has 0 atom stereocenters. The Labute approximate surface area is 98.4 Å². The van der Waals surface area contributed by atoms with Crippen molar-refractivity contribution in [3.63, 3.8) is 0 Å². The van der Waals surface area contributed by atoms with Gasteiger partial charge in [-0.25, -0.2) is 0 Å². The van der Waals surface area contributed by atoms with E-state index in [1.165, 1.54) is 11.3 Å². The fourth-order valence-electron chi connectivity index (χ4n) is 1.98. The van der Waals surface area contributed by atoms with E-state index in [4.69, 9.17) is 0 Å². The summed E-state index contributed by atoms with van der Waals surface area (Å²) in [5, 5.41) is 0. The van der Waals surface area contributed by atoms with E-state index in [1.54, 1.807) is 0 Å². The molecule has 1 heterocycles. The molecule has 0 aromatic heterocycles. The largest absolute Gasteiger partial charge is 0.364 e. The topological polar surface area (TPSA) is 20.3 Å². The van der Waals surface area contributed by atoms with Gasteiger partial charge in [-0.2, -0.15) is 0 Å². The third-order valence-electron chi connectivity index (χ3n) is 2.79. The first kappa shape index (κ1) is 10.7. The molecule has 1 aliphatic rings. The van der Waals surface area contributed by atoms with Gasteiger partial charge >= 0.3 is 0 Å². The molecule has 15 heavy (non-hydrogen) atoms. The van der Waals surface area contributed by atoms with Crippen LogP contribution in [0.1, 0.15) is 18.9 Å². The molecule has 0 bridgehead atoms. The molecule has 1 aromatic rings. The second-order valence-corrected chi connectivity index (χ2v) is 4.75. The minimum absolute atomic E-state index is 0.347. The van der Waals surface area contributed by atoms with Gasteiger partial charge in [0.2, 0.25) is 0 Å². The van der Waals surface area contributed by atoms with Gasteiger partial charge in [-0.15, -0.1) is 0 Å². The monoisotopic (exact) mass is 267 g/mol. The molecular weight excluding hydrogens is 254 g/mol. The molecule has 0 saturated carbocycles.